The summed E-state index contributed by atoms with van der Waals surface area (Å²) in [4.78, 5) is 29.1. The van der Waals surface area contributed by atoms with Gasteiger partial charge in [-0.2, -0.15) is 18.4 Å². The van der Waals surface area contributed by atoms with E-state index >= 15 is 0 Å². The molecule has 1 fully saturated rings. The molecule has 1 aliphatic rings. The number of sulfonamides is 1. The van der Waals surface area contributed by atoms with E-state index in [1.54, 1.807) is 13.0 Å². The topological polar surface area (TPSA) is 129 Å². The van der Waals surface area contributed by atoms with Crippen molar-refractivity contribution in [3.8, 4) is 6.07 Å². The Hall–Kier alpha value is -3.73. The lowest BCUT2D eigenvalue weighted by Crippen LogP contribution is -2.55. The first kappa shape index (κ1) is 26.9. The number of carbonyl (C=O) groups excluding carboxylic acids is 2. The number of hydrogen-bond acceptors (Lipinski definition) is 8. The van der Waals surface area contributed by atoms with Gasteiger partial charge in [0.2, 0.25) is 15.9 Å². The third-order valence-corrected chi connectivity index (χ3v) is 6.55. The largest absolute Gasteiger partial charge is 0.462 e. The second-order valence-corrected chi connectivity index (χ2v) is 9.71. The lowest BCUT2D eigenvalue weighted by Gasteiger charge is -2.39. The second kappa shape index (κ2) is 10.1. The Morgan fingerprint density at radius 2 is 1.94 bits per heavy atom. The summed E-state index contributed by atoms with van der Waals surface area (Å²) >= 11 is 0. The quantitative estimate of drug-likeness (QED) is 0.429. The van der Waals surface area contributed by atoms with Crippen LogP contribution in [0.25, 0.3) is 0 Å². The van der Waals surface area contributed by atoms with Crippen LogP contribution in [0.3, 0.4) is 0 Å². The number of halogens is 4. The molecule has 0 radical (unpaired) electrons. The summed E-state index contributed by atoms with van der Waals surface area (Å²) in [5.74, 6) is -4.82. The van der Waals surface area contributed by atoms with Crippen LogP contribution in [0.5, 0.6) is 0 Å². The van der Waals surface area contributed by atoms with E-state index in [9.17, 15) is 40.8 Å². The van der Waals surface area contributed by atoms with Crippen molar-refractivity contribution >= 4 is 27.7 Å². The molecule has 0 spiro atoms. The number of anilines is 1. The normalized spacial score (nSPS) is 14.1. The zero-order valence-electron chi connectivity index (χ0n) is 19.0. The number of nitriles is 1. The van der Waals surface area contributed by atoms with Crippen LogP contribution in [-0.4, -0.2) is 45.0 Å². The standard InChI is InChI=1S/C22H20F4N4O5S/c1-3-35-21(32)17-7-13(8-27)19(28-18(17)22(24,25)26)30-9-15(10-30)20(31)29-36(33,34)11-14-6-16(23)5-4-12(14)2/h4-7,15H,3,9-11H2,1-2H3,(H,29,31). The Bertz CT molecular complexity index is 1350. The van der Waals surface area contributed by atoms with Crippen LogP contribution in [0.15, 0.2) is 24.3 Å². The fraction of sp³-hybridized carbons (Fsp3) is 0.364. The minimum absolute atomic E-state index is 0.162. The van der Waals surface area contributed by atoms with Crippen molar-refractivity contribution in [2.24, 2.45) is 5.92 Å². The van der Waals surface area contributed by atoms with Gasteiger partial charge in [-0.25, -0.2) is 22.6 Å². The highest BCUT2D eigenvalue weighted by atomic mass is 32.2. The Morgan fingerprint density at radius 3 is 2.53 bits per heavy atom. The number of ether oxygens (including phenoxy) is 1. The highest BCUT2D eigenvalue weighted by Gasteiger charge is 2.42. The molecule has 3 rings (SSSR count). The molecule has 192 valence electrons. The second-order valence-electron chi connectivity index (χ2n) is 7.98. The van der Waals surface area contributed by atoms with Gasteiger partial charge in [-0.3, -0.25) is 9.52 Å². The van der Waals surface area contributed by atoms with Crippen LogP contribution >= 0.6 is 0 Å². The maximum absolute atomic E-state index is 13.5. The Kier molecular flexibility index (Phi) is 7.54. The van der Waals surface area contributed by atoms with Gasteiger partial charge in [0.15, 0.2) is 5.69 Å². The number of rotatable bonds is 7. The molecule has 0 unspecified atom stereocenters. The van der Waals surface area contributed by atoms with Crippen LogP contribution in [-0.2, 0) is 31.5 Å². The number of hydrogen-bond donors (Lipinski definition) is 1. The number of alkyl halides is 3. The minimum atomic E-state index is -5.03. The lowest BCUT2D eigenvalue weighted by atomic mass is 9.98. The van der Waals surface area contributed by atoms with E-state index in [1.807, 2.05) is 4.72 Å². The average Bonchev–Trinajstić information content (AvgIpc) is 2.73. The van der Waals surface area contributed by atoms with E-state index in [1.165, 1.54) is 24.0 Å². The third kappa shape index (κ3) is 5.91. The average molecular weight is 528 g/mol. The highest BCUT2D eigenvalue weighted by molar-refractivity contribution is 7.89. The van der Waals surface area contributed by atoms with Crippen LogP contribution in [0.2, 0.25) is 0 Å². The summed E-state index contributed by atoms with van der Waals surface area (Å²) in [5, 5.41) is 9.39. The lowest BCUT2D eigenvalue weighted by molar-refractivity contribution is -0.141. The van der Waals surface area contributed by atoms with Crippen molar-refractivity contribution in [3.63, 3.8) is 0 Å². The van der Waals surface area contributed by atoms with Crippen molar-refractivity contribution in [1.29, 1.82) is 5.26 Å². The van der Waals surface area contributed by atoms with E-state index in [2.05, 4.69) is 9.72 Å². The first-order valence-electron chi connectivity index (χ1n) is 10.5. The molecule has 0 atom stereocenters. The molecule has 1 saturated heterocycles. The molecule has 9 nitrogen and oxygen atoms in total. The molecule has 1 aromatic heterocycles. The van der Waals surface area contributed by atoms with Gasteiger partial charge >= 0.3 is 12.1 Å². The summed E-state index contributed by atoms with van der Waals surface area (Å²) in [7, 11) is -4.19. The Morgan fingerprint density at radius 1 is 1.28 bits per heavy atom. The van der Waals surface area contributed by atoms with Gasteiger partial charge < -0.3 is 9.64 Å². The van der Waals surface area contributed by atoms with Crippen molar-refractivity contribution in [2.45, 2.75) is 25.8 Å². The number of amides is 1. The van der Waals surface area contributed by atoms with Gasteiger partial charge in [-0.05, 0) is 43.2 Å². The zero-order valence-corrected chi connectivity index (χ0v) is 19.8. The number of benzene rings is 1. The van der Waals surface area contributed by atoms with Crippen molar-refractivity contribution < 1.29 is 40.3 Å². The molecule has 0 saturated carbocycles. The van der Waals surface area contributed by atoms with E-state index in [-0.39, 0.29) is 30.8 Å². The summed E-state index contributed by atoms with van der Waals surface area (Å²) in [5.41, 5.74) is -2.14. The fourth-order valence-corrected chi connectivity index (χ4v) is 4.76. The number of esters is 1. The highest BCUT2D eigenvalue weighted by Crippen LogP contribution is 2.35. The van der Waals surface area contributed by atoms with E-state index < -0.39 is 62.6 Å². The van der Waals surface area contributed by atoms with Crippen LogP contribution in [0.1, 0.15) is 39.7 Å². The van der Waals surface area contributed by atoms with Gasteiger partial charge in [0.1, 0.15) is 17.7 Å². The van der Waals surface area contributed by atoms with Crippen LogP contribution in [0.4, 0.5) is 23.4 Å². The fourth-order valence-electron chi connectivity index (χ4n) is 3.50. The molecule has 1 amide bonds. The predicted octanol–water partition coefficient (Wildman–Crippen LogP) is 2.68. The summed E-state index contributed by atoms with van der Waals surface area (Å²) in [6.45, 7) is 2.35. The molecular formula is C22H20F4N4O5S. The smallest absolute Gasteiger partial charge is 0.434 e. The van der Waals surface area contributed by atoms with E-state index in [0.717, 1.165) is 12.1 Å². The monoisotopic (exact) mass is 528 g/mol. The van der Waals surface area contributed by atoms with Gasteiger partial charge in [-0.15, -0.1) is 0 Å². The summed E-state index contributed by atoms with van der Waals surface area (Å²) in [6.07, 6.45) is -5.03. The van der Waals surface area contributed by atoms with Crippen molar-refractivity contribution in [3.05, 3.63) is 58.0 Å². The number of nitrogens with zero attached hydrogens (tertiary/aromatic N) is 3. The number of carbonyl (C=O) groups is 2. The summed E-state index contributed by atoms with van der Waals surface area (Å²) in [6, 6.07) is 6.00. The van der Waals surface area contributed by atoms with E-state index in [0.29, 0.717) is 5.56 Å². The molecule has 1 N–H and O–H groups in total. The van der Waals surface area contributed by atoms with Crippen LogP contribution < -0.4 is 9.62 Å². The maximum atomic E-state index is 13.5. The van der Waals surface area contributed by atoms with E-state index in [4.69, 9.17) is 0 Å². The SMILES string of the molecule is CCOC(=O)c1cc(C#N)c(N2CC(C(=O)NS(=O)(=O)Cc3cc(F)ccc3C)C2)nc1C(F)(F)F. The first-order chi connectivity index (χ1) is 16.8. The molecule has 14 heteroatoms. The molecule has 1 aromatic carbocycles. The van der Waals surface area contributed by atoms with Crippen LogP contribution in [0, 0.1) is 30.0 Å². The molecule has 1 aliphatic heterocycles. The zero-order chi connectivity index (χ0) is 26.8. The number of pyridine rings is 1. The molecule has 2 heterocycles. The predicted molar refractivity (Wildman–Crippen MR) is 118 cm³/mol. The van der Waals surface area contributed by atoms with Gasteiger partial charge in [0, 0.05) is 13.1 Å². The number of aromatic nitrogens is 1. The maximum Gasteiger partial charge on any atom is 0.434 e. The Labute approximate surface area is 203 Å². The minimum Gasteiger partial charge on any atom is -0.462 e. The molecule has 0 aliphatic carbocycles. The molecule has 2 aromatic rings. The molecular weight excluding hydrogens is 508 g/mol. The van der Waals surface area contributed by atoms with Gasteiger partial charge in [-0.1, -0.05) is 6.07 Å². The van der Waals surface area contributed by atoms with Gasteiger partial charge in [0.05, 0.1) is 29.4 Å². The number of aryl methyl sites for hydroxylation is 1. The van der Waals surface area contributed by atoms with Crippen molar-refractivity contribution in [2.75, 3.05) is 24.6 Å². The molecule has 36 heavy (non-hydrogen) atoms. The molecule has 0 bridgehead atoms. The summed E-state index contributed by atoms with van der Waals surface area (Å²) < 4.78 is 85.4. The third-order valence-electron chi connectivity index (χ3n) is 5.35. The Balaban J connectivity index is 1.76. The van der Waals surface area contributed by atoms with Crippen molar-refractivity contribution in [1.82, 2.24) is 9.71 Å². The van der Waals surface area contributed by atoms with Gasteiger partial charge in [0.25, 0.3) is 0 Å². The first-order valence-corrected chi connectivity index (χ1v) is 12.1. The number of nitrogens with one attached hydrogen (secondary N) is 1.